The predicted octanol–water partition coefficient (Wildman–Crippen LogP) is 0.618. The van der Waals surface area contributed by atoms with Crippen molar-refractivity contribution in [1.29, 1.82) is 0 Å². The first-order valence-corrected chi connectivity index (χ1v) is 5.89. The van der Waals surface area contributed by atoms with Gasteiger partial charge in [0, 0.05) is 6.04 Å². The van der Waals surface area contributed by atoms with Crippen LogP contribution in [0.25, 0.3) is 0 Å². The molecule has 2 rings (SSSR count). The number of aliphatic hydroxyl groups is 1. The van der Waals surface area contributed by atoms with Gasteiger partial charge < -0.3 is 16.2 Å². The van der Waals surface area contributed by atoms with Crippen LogP contribution in [0.15, 0.2) is 0 Å². The van der Waals surface area contributed by atoms with E-state index in [0.29, 0.717) is 0 Å². The lowest BCUT2D eigenvalue weighted by atomic mass is 9.75. The fourth-order valence-corrected chi connectivity index (χ4v) is 2.54. The highest BCUT2D eigenvalue weighted by Gasteiger charge is 2.37. The van der Waals surface area contributed by atoms with Crippen molar-refractivity contribution in [1.82, 2.24) is 5.32 Å². The summed E-state index contributed by atoms with van der Waals surface area (Å²) in [6.45, 7) is 1.82. The summed E-state index contributed by atoms with van der Waals surface area (Å²) >= 11 is 0. The van der Waals surface area contributed by atoms with Gasteiger partial charge in [-0.3, -0.25) is 0 Å². The summed E-state index contributed by atoms with van der Waals surface area (Å²) < 4.78 is 0. The normalized spacial score (nSPS) is 29.6. The summed E-state index contributed by atoms with van der Waals surface area (Å²) in [4.78, 5) is 0. The Morgan fingerprint density at radius 2 is 2.00 bits per heavy atom. The van der Waals surface area contributed by atoms with Crippen LogP contribution in [0.1, 0.15) is 38.5 Å². The van der Waals surface area contributed by atoms with E-state index in [1.165, 1.54) is 19.3 Å². The van der Waals surface area contributed by atoms with E-state index in [2.05, 4.69) is 5.32 Å². The first-order chi connectivity index (χ1) is 6.71. The maximum atomic E-state index is 10.3. The average Bonchev–Trinajstić information content (AvgIpc) is 2.12. The maximum Gasteiger partial charge on any atom is 0.0822 e. The van der Waals surface area contributed by atoms with Gasteiger partial charge in [-0.05, 0) is 38.3 Å². The van der Waals surface area contributed by atoms with Gasteiger partial charge in [0.1, 0.15) is 0 Å². The van der Waals surface area contributed by atoms with Crippen LogP contribution in [0.5, 0.6) is 0 Å². The zero-order valence-electron chi connectivity index (χ0n) is 8.84. The second-order valence-corrected chi connectivity index (χ2v) is 4.99. The molecule has 4 N–H and O–H groups in total. The molecule has 3 heteroatoms. The number of nitrogens with two attached hydrogens (primary N) is 1. The summed E-state index contributed by atoms with van der Waals surface area (Å²) in [5.41, 5.74) is 5.53. The third-order valence-corrected chi connectivity index (χ3v) is 3.97. The van der Waals surface area contributed by atoms with E-state index >= 15 is 0 Å². The van der Waals surface area contributed by atoms with Gasteiger partial charge in [-0.25, -0.2) is 0 Å². The van der Waals surface area contributed by atoms with Crippen molar-refractivity contribution < 1.29 is 5.11 Å². The van der Waals surface area contributed by atoms with Gasteiger partial charge in [-0.15, -0.1) is 0 Å². The molecule has 0 aromatic carbocycles. The molecule has 2 aliphatic rings. The maximum absolute atomic E-state index is 10.3. The molecule has 1 unspecified atom stereocenters. The zero-order valence-corrected chi connectivity index (χ0v) is 8.84. The Balaban J connectivity index is 1.83. The molecular formula is C11H22N2O. The molecule has 1 saturated carbocycles. The molecule has 3 nitrogen and oxygen atoms in total. The molecule has 1 heterocycles. The smallest absolute Gasteiger partial charge is 0.0822 e. The highest BCUT2D eigenvalue weighted by atomic mass is 16.3. The summed E-state index contributed by atoms with van der Waals surface area (Å²) in [5, 5.41) is 13.6. The van der Waals surface area contributed by atoms with Gasteiger partial charge in [-0.2, -0.15) is 0 Å². The quantitative estimate of drug-likeness (QED) is 0.623. The van der Waals surface area contributed by atoms with Gasteiger partial charge in [0.15, 0.2) is 0 Å². The Kier molecular flexibility index (Phi) is 3.10. The van der Waals surface area contributed by atoms with Crippen molar-refractivity contribution in [3.63, 3.8) is 0 Å². The van der Waals surface area contributed by atoms with Crippen molar-refractivity contribution >= 4 is 0 Å². The highest BCUT2D eigenvalue weighted by molar-refractivity contribution is 4.94. The molecule has 0 bridgehead atoms. The van der Waals surface area contributed by atoms with Crippen LogP contribution in [0.3, 0.4) is 0 Å². The molecule has 1 aliphatic carbocycles. The molecule has 82 valence electrons. The molecule has 0 aromatic heterocycles. The second kappa shape index (κ2) is 4.17. The molecule has 1 saturated heterocycles. The standard InChI is InChI=1S/C11H22N2O/c12-10(8-9-2-1-3-9)11(14)4-6-13-7-5-11/h9-10,13-14H,1-8,12H2. The Bertz CT molecular complexity index is 186. The van der Waals surface area contributed by atoms with Gasteiger partial charge in [0.2, 0.25) is 0 Å². The molecule has 2 fully saturated rings. The Labute approximate surface area is 86.1 Å². The summed E-state index contributed by atoms with van der Waals surface area (Å²) in [5.74, 6) is 0.795. The summed E-state index contributed by atoms with van der Waals surface area (Å²) in [6.07, 6.45) is 6.67. The van der Waals surface area contributed by atoms with E-state index < -0.39 is 5.60 Å². The van der Waals surface area contributed by atoms with Crippen LogP contribution in [0.4, 0.5) is 0 Å². The van der Waals surface area contributed by atoms with E-state index in [1.807, 2.05) is 0 Å². The minimum Gasteiger partial charge on any atom is -0.388 e. The minimum atomic E-state index is -0.582. The van der Waals surface area contributed by atoms with E-state index in [0.717, 1.165) is 38.3 Å². The van der Waals surface area contributed by atoms with Crippen LogP contribution >= 0.6 is 0 Å². The van der Waals surface area contributed by atoms with Crippen LogP contribution < -0.4 is 11.1 Å². The molecular weight excluding hydrogens is 176 g/mol. The molecule has 1 aliphatic heterocycles. The van der Waals surface area contributed by atoms with E-state index in [1.54, 1.807) is 0 Å². The molecule has 0 aromatic rings. The van der Waals surface area contributed by atoms with E-state index in [4.69, 9.17) is 5.73 Å². The Hall–Kier alpha value is -0.120. The van der Waals surface area contributed by atoms with Crippen molar-refractivity contribution in [2.75, 3.05) is 13.1 Å². The van der Waals surface area contributed by atoms with Crippen molar-refractivity contribution in [3.05, 3.63) is 0 Å². The number of nitrogens with one attached hydrogen (secondary N) is 1. The molecule has 0 radical (unpaired) electrons. The zero-order chi connectivity index (χ0) is 10.0. The van der Waals surface area contributed by atoms with Gasteiger partial charge in [-0.1, -0.05) is 19.3 Å². The SMILES string of the molecule is NC(CC1CCC1)C1(O)CCNCC1. The number of piperidine rings is 1. The Morgan fingerprint density at radius 1 is 1.36 bits per heavy atom. The number of hydrogen-bond donors (Lipinski definition) is 3. The summed E-state index contributed by atoms with van der Waals surface area (Å²) in [7, 11) is 0. The fourth-order valence-electron chi connectivity index (χ4n) is 2.54. The fraction of sp³-hybridized carbons (Fsp3) is 1.00. The number of rotatable bonds is 3. The number of hydrogen-bond acceptors (Lipinski definition) is 3. The third-order valence-electron chi connectivity index (χ3n) is 3.97. The van der Waals surface area contributed by atoms with Crippen LogP contribution in [-0.2, 0) is 0 Å². The average molecular weight is 198 g/mol. The first-order valence-electron chi connectivity index (χ1n) is 5.89. The lowest BCUT2D eigenvalue weighted by Crippen LogP contribution is -2.54. The van der Waals surface area contributed by atoms with Gasteiger partial charge in [0.05, 0.1) is 5.60 Å². The van der Waals surface area contributed by atoms with Crippen LogP contribution in [0, 0.1) is 5.92 Å². The third kappa shape index (κ3) is 2.10. The topological polar surface area (TPSA) is 58.3 Å². The Morgan fingerprint density at radius 3 is 2.50 bits per heavy atom. The predicted molar refractivity (Wildman–Crippen MR) is 57.0 cm³/mol. The highest BCUT2D eigenvalue weighted by Crippen LogP contribution is 2.34. The minimum absolute atomic E-state index is 0.00472. The molecule has 0 spiro atoms. The summed E-state index contributed by atoms with van der Waals surface area (Å²) in [6, 6.07) is -0.00472. The lowest BCUT2D eigenvalue weighted by molar-refractivity contribution is -0.0229. The largest absolute Gasteiger partial charge is 0.388 e. The van der Waals surface area contributed by atoms with Crippen molar-refractivity contribution in [3.8, 4) is 0 Å². The molecule has 14 heavy (non-hydrogen) atoms. The first kappa shape index (κ1) is 10.4. The van der Waals surface area contributed by atoms with E-state index in [9.17, 15) is 5.11 Å². The lowest BCUT2D eigenvalue weighted by Gasteiger charge is -2.40. The van der Waals surface area contributed by atoms with Gasteiger partial charge in [0.25, 0.3) is 0 Å². The van der Waals surface area contributed by atoms with E-state index in [-0.39, 0.29) is 6.04 Å². The second-order valence-electron chi connectivity index (χ2n) is 4.99. The molecule has 0 amide bonds. The van der Waals surface area contributed by atoms with Crippen LogP contribution in [-0.4, -0.2) is 29.8 Å². The van der Waals surface area contributed by atoms with Crippen molar-refractivity contribution in [2.24, 2.45) is 11.7 Å². The van der Waals surface area contributed by atoms with Crippen molar-refractivity contribution in [2.45, 2.75) is 50.2 Å². The van der Waals surface area contributed by atoms with Crippen LogP contribution in [0.2, 0.25) is 0 Å². The molecule has 1 atom stereocenters. The monoisotopic (exact) mass is 198 g/mol. The van der Waals surface area contributed by atoms with Gasteiger partial charge >= 0.3 is 0 Å².